The third-order valence-electron chi connectivity index (χ3n) is 3.10. The fraction of sp³-hybridized carbons (Fsp3) is 0.235. The van der Waals surface area contributed by atoms with Crippen molar-refractivity contribution in [3.63, 3.8) is 0 Å². The van der Waals surface area contributed by atoms with E-state index in [0.717, 1.165) is 11.1 Å². The molecule has 0 aliphatic carbocycles. The van der Waals surface area contributed by atoms with Gasteiger partial charge in [0.15, 0.2) is 0 Å². The largest absolute Gasteiger partial charge is 0.351 e. The van der Waals surface area contributed by atoms with Crippen LogP contribution in [0.4, 0.5) is 0 Å². The highest BCUT2D eigenvalue weighted by atomic mass is 32.2. The van der Waals surface area contributed by atoms with Gasteiger partial charge in [-0.05, 0) is 24.6 Å². The highest BCUT2D eigenvalue weighted by Crippen LogP contribution is 2.04. The molecule has 0 heterocycles. The van der Waals surface area contributed by atoms with Crippen molar-refractivity contribution in [1.82, 2.24) is 5.32 Å². The molecule has 0 spiro atoms. The van der Waals surface area contributed by atoms with E-state index >= 15 is 0 Å². The quantitative estimate of drug-likeness (QED) is 0.891. The molecule has 0 saturated carbocycles. The van der Waals surface area contributed by atoms with E-state index in [4.69, 9.17) is 0 Å². The Morgan fingerprint density at radius 1 is 1.05 bits per heavy atom. The normalized spacial score (nSPS) is 11.9. The van der Waals surface area contributed by atoms with E-state index < -0.39 is 10.8 Å². The minimum absolute atomic E-state index is 0.119. The Morgan fingerprint density at radius 2 is 1.71 bits per heavy atom. The number of rotatable bonds is 6. The molecule has 0 fully saturated rings. The van der Waals surface area contributed by atoms with Crippen molar-refractivity contribution in [3.05, 3.63) is 71.3 Å². The van der Waals surface area contributed by atoms with Crippen molar-refractivity contribution in [2.24, 2.45) is 0 Å². The minimum Gasteiger partial charge on any atom is -0.351 e. The topological polar surface area (TPSA) is 46.2 Å². The molecule has 1 N–H and O–H groups in total. The van der Waals surface area contributed by atoms with Crippen LogP contribution in [0.2, 0.25) is 0 Å². The predicted octanol–water partition coefficient (Wildman–Crippen LogP) is 2.67. The number of benzene rings is 2. The summed E-state index contributed by atoms with van der Waals surface area (Å²) in [6, 6.07) is 17.1. The SMILES string of the molecule is Cc1ccc(C(=O)NCCS(=O)Cc2ccccc2)cc1. The fourth-order valence-corrected chi connectivity index (χ4v) is 2.96. The molecule has 1 amide bonds. The van der Waals surface area contributed by atoms with Crippen LogP contribution in [0.15, 0.2) is 54.6 Å². The predicted molar refractivity (Wildman–Crippen MR) is 86.7 cm³/mol. The van der Waals surface area contributed by atoms with Crippen molar-refractivity contribution in [2.45, 2.75) is 12.7 Å². The van der Waals surface area contributed by atoms with Crippen molar-refractivity contribution in [3.8, 4) is 0 Å². The van der Waals surface area contributed by atoms with Gasteiger partial charge in [-0.3, -0.25) is 9.00 Å². The van der Waals surface area contributed by atoms with Crippen LogP contribution in [0, 0.1) is 6.92 Å². The second kappa shape index (κ2) is 7.74. The molecule has 1 unspecified atom stereocenters. The third-order valence-corrected chi connectivity index (χ3v) is 4.41. The number of amides is 1. The van der Waals surface area contributed by atoms with Crippen LogP contribution in [0.25, 0.3) is 0 Å². The van der Waals surface area contributed by atoms with E-state index in [0.29, 0.717) is 23.6 Å². The number of nitrogens with one attached hydrogen (secondary N) is 1. The molecule has 21 heavy (non-hydrogen) atoms. The molecule has 1 atom stereocenters. The van der Waals surface area contributed by atoms with Crippen molar-refractivity contribution < 1.29 is 9.00 Å². The van der Waals surface area contributed by atoms with Gasteiger partial charge in [-0.1, -0.05) is 48.0 Å². The van der Waals surface area contributed by atoms with Crippen molar-refractivity contribution >= 4 is 16.7 Å². The lowest BCUT2D eigenvalue weighted by molar-refractivity contribution is 0.0956. The van der Waals surface area contributed by atoms with E-state index in [9.17, 15) is 9.00 Å². The van der Waals surface area contributed by atoms with E-state index in [1.165, 1.54) is 0 Å². The molecule has 110 valence electrons. The molecule has 0 bridgehead atoms. The van der Waals surface area contributed by atoms with Gasteiger partial charge in [-0.25, -0.2) is 0 Å². The van der Waals surface area contributed by atoms with Crippen LogP contribution in [0.1, 0.15) is 21.5 Å². The highest BCUT2D eigenvalue weighted by molar-refractivity contribution is 7.84. The van der Waals surface area contributed by atoms with Crippen LogP contribution in [-0.2, 0) is 16.6 Å². The zero-order valence-corrected chi connectivity index (χ0v) is 12.9. The lowest BCUT2D eigenvalue weighted by atomic mass is 10.1. The van der Waals surface area contributed by atoms with Gasteiger partial charge in [0, 0.05) is 34.4 Å². The van der Waals surface area contributed by atoms with E-state index in [1.807, 2.05) is 49.4 Å². The molecule has 2 rings (SSSR count). The number of hydrogen-bond acceptors (Lipinski definition) is 2. The van der Waals surface area contributed by atoms with Crippen LogP contribution < -0.4 is 5.32 Å². The molecule has 0 aliphatic heterocycles. The van der Waals surface area contributed by atoms with Gasteiger partial charge in [-0.2, -0.15) is 0 Å². The summed E-state index contributed by atoms with van der Waals surface area (Å²) in [5.74, 6) is 0.875. The lowest BCUT2D eigenvalue weighted by Crippen LogP contribution is -2.27. The number of carbonyl (C=O) groups is 1. The number of aryl methyl sites for hydroxylation is 1. The van der Waals surface area contributed by atoms with Gasteiger partial charge in [0.1, 0.15) is 0 Å². The van der Waals surface area contributed by atoms with Gasteiger partial charge in [0.25, 0.3) is 5.91 Å². The first-order chi connectivity index (χ1) is 10.1. The standard InChI is InChI=1S/C17H19NO2S/c1-14-7-9-16(10-8-14)17(19)18-11-12-21(20)13-15-5-3-2-4-6-15/h2-10H,11-13H2,1H3,(H,18,19). The Bertz CT molecular complexity index is 608. The summed E-state index contributed by atoms with van der Waals surface area (Å²) in [6.45, 7) is 2.40. The van der Waals surface area contributed by atoms with E-state index in [-0.39, 0.29) is 5.91 Å². The van der Waals surface area contributed by atoms with Crippen LogP contribution >= 0.6 is 0 Å². The number of hydrogen-bond donors (Lipinski definition) is 1. The molecule has 0 aliphatic rings. The maximum Gasteiger partial charge on any atom is 0.251 e. The summed E-state index contributed by atoms with van der Waals surface area (Å²) >= 11 is 0. The molecule has 4 heteroatoms. The molecule has 2 aromatic rings. The summed E-state index contributed by atoms with van der Waals surface area (Å²) in [5.41, 5.74) is 2.81. The second-order valence-corrected chi connectivity index (χ2v) is 6.47. The van der Waals surface area contributed by atoms with Gasteiger partial charge in [-0.15, -0.1) is 0 Å². The van der Waals surface area contributed by atoms with Crippen LogP contribution in [0.5, 0.6) is 0 Å². The third kappa shape index (κ3) is 5.16. The van der Waals surface area contributed by atoms with E-state index in [1.54, 1.807) is 12.1 Å². The van der Waals surface area contributed by atoms with Gasteiger partial charge >= 0.3 is 0 Å². The Labute approximate surface area is 127 Å². The Kier molecular flexibility index (Phi) is 5.69. The maximum atomic E-state index is 11.9. The average Bonchev–Trinajstić information content (AvgIpc) is 2.49. The Morgan fingerprint density at radius 3 is 2.38 bits per heavy atom. The van der Waals surface area contributed by atoms with Crippen molar-refractivity contribution in [2.75, 3.05) is 12.3 Å². The summed E-state index contributed by atoms with van der Waals surface area (Å²) in [7, 11) is -0.962. The zero-order chi connectivity index (χ0) is 15.1. The lowest BCUT2D eigenvalue weighted by Gasteiger charge is -2.06. The zero-order valence-electron chi connectivity index (χ0n) is 12.0. The first-order valence-corrected chi connectivity index (χ1v) is 8.38. The molecule has 0 saturated heterocycles. The first kappa shape index (κ1) is 15.4. The first-order valence-electron chi connectivity index (χ1n) is 6.89. The number of carbonyl (C=O) groups excluding carboxylic acids is 1. The maximum absolute atomic E-state index is 11.9. The van der Waals surface area contributed by atoms with Gasteiger partial charge in [0.05, 0.1) is 0 Å². The van der Waals surface area contributed by atoms with Crippen LogP contribution in [-0.4, -0.2) is 22.4 Å². The van der Waals surface area contributed by atoms with E-state index in [2.05, 4.69) is 5.32 Å². The summed E-state index contributed by atoms with van der Waals surface area (Å²) < 4.78 is 11.9. The summed E-state index contributed by atoms with van der Waals surface area (Å²) in [4.78, 5) is 11.9. The Balaban J connectivity index is 1.75. The van der Waals surface area contributed by atoms with Gasteiger partial charge < -0.3 is 5.32 Å². The summed E-state index contributed by atoms with van der Waals surface area (Å²) in [5, 5.41) is 2.80. The molecule has 3 nitrogen and oxygen atoms in total. The molecule has 0 aromatic heterocycles. The fourth-order valence-electron chi connectivity index (χ4n) is 1.92. The molecular weight excluding hydrogens is 282 g/mol. The summed E-state index contributed by atoms with van der Waals surface area (Å²) in [6.07, 6.45) is 0. The highest BCUT2D eigenvalue weighted by Gasteiger charge is 2.06. The minimum atomic E-state index is -0.962. The Hall–Kier alpha value is -1.94. The second-order valence-electron chi connectivity index (χ2n) is 4.90. The molecule has 2 aromatic carbocycles. The molecule has 0 radical (unpaired) electrons. The molecular formula is C17H19NO2S. The van der Waals surface area contributed by atoms with Gasteiger partial charge in [0.2, 0.25) is 0 Å². The smallest absolute Gasteiger partial charge is 0.251 e. The average molecular weight is 301 g/mol. The van der Waals surface area contributed by atoms with Crippen LogP contribution in [0.3, 0.4) is 0 Å². The monoisotopic (exact) mass is 301 g/mol. The van der Waals surface area contributed by atoms with Crippen molar-refractivity contribution in [1.29, 1.82) is 0 Å².